The minimum absolute atomic E-state index is 0.0527. The van der Waals surface area contributed by atoms with Gasteiger partial charge in [-0.3, -0.25) is 9.52 Å². The van der Waals surface area contributed by atoms with Gasteiger partial charge in [-0.05, 0) is 24.3 Å². The minimum atomic E-state index is -3.75. The van der Waals surface area contributed by atoms with Gasteiger partial charge in [0, 0.05) is 10.4 Å². The fraction of sp³-hybridized carbons (Fsp3) is 0.0909. The molecule has 0 aliphatic rings. The first kappa shape index (κ1) is 14.8. The number of rotatable bonds is 5. The molecule has 0 saturated heterocycles. The van der Waals surface area contributed by atoms with E-state index in [0.717, 1.165) is 11.3 Å². The highest BCUT2D eigenvalue weighted by Crippen LogP contribution is 2.21. The molecule has 0 fully saturated rings. The summed E-state index contributed by atoms with van der Waals surface area (Å²) in [6.45, 7) is 0. The van der Waals surface area contributed by atoms with Crippen LogP contribution in [0.1, 0.15) is 5.69 Å². The van der Waals surface area contributed by atoms with E-state index < -0.39 is 16.0 Å². The molecule has 0 radical (unpaired) electrons. The van der Waals surface area contributed by atoms with E-state index in [9.17, 15) is 13.2 Å². The van der Waals surface area contributed by atoms with Crippen LogP contribution in [0, 0.1) is 0 Å². The largest absolute Gasteiger partial charge is 0.481 e. The molecule has 0 spiro atoms. The number of carboxylic acids is 1. The second-order valence-electron chi connectivity index (χ2n) is 3.77. The molecule has 2 N–H and O–H groups in total. The third-order valence-electron chi connectivity index (χ3n) is 2.23. The molecule has 0 saturated carbocycles. The third-order valence-corrected chi connectivity index (χ3v) is 4.77. The number of nitrogens with one attached hydrogen (secondary N) is 1. The molecule has 0 aliphatic heterocycles. The Bertz CT molecular complexity index is 725. The Morgan fingerprint density at radius 2 is 2.00 bits per heavy atom. The number of aliphatic carboxylic acids is 1. The van der Waals surface area contributed by atoms with E-state index in [4.69, 9.17) is 16.7 Å². The Balaban J connectivity index is 2.18. The second kappa shape index (κ2) is 5.78. The summed E-state index contributed by atoms with van der Waals surface area (Å²) in [4.78, 5) is 14.5. The highest BCUT2D eigenvalue weighted by molar-refractivity contribution is 7.93. The lowest BCUT2D eigenvalue weighted by Gasteiger charge is -2.04. The molecule has 2 rings (SSSR count). The fourth-order valence-corrected chi connectivity index (χ4v) is 3.47. The molecule has 0 amide bonds. The van der Waals surface area contributed by atoms with Crippen molar-refractivity contribution in [2.75, 3.05) is 4.72 Å². The van der Waals surface area contributed by atoms with E-state index >= 15 is 0 Å². The lowest BCUT2D eigenvalue weighted by molar-refractivity contribution is -0.136. The fourth-order valence-electron chi connectivity index (χ4n) is 1.38. The molecule has 9 heteroatoms. The Hall–Kier alpha value is -1.64. The van der Waals surface area contributed by atoms with Gasteiger partial charge in [0.25, 0.3) is 10.0 Å². The van der Waals surface area contributed by atoms with Crippen molar-refractivity contribution in [3.63, 3.8) is 0 Å². The van der Waals surface area contributed by atoms with Crippen molar-refractivity contribution in [1.29, 1.82) is 0 Å². The predicted molar refractivity (Wildman–Crippen MR) is 75.7 cm³/mol. The Morgan fingerprint density at radius 1 is 1.35 bits per heavy atom. The summed E-state index contributed by atoms with van der Waals surface area (Å²) < 4.78 is 26.4. The van der Waals surface area contributed by atoms with Crippen LogP contribution in [0.25, 0.3) is 0 Å². The summed E-state index contributed by atoms with van der Waals surface area (Å²) in [7, 11) is -3.75. The second-order valence-corrected chi connectivity index (χ2v) is 6.75. The zero-order valence-electron chi connectivity index (χ0n) is 9.91. The van der Waals surface area contributed by atoms with Gasteiger partial charge in [0.05, 0.1) is 17.0 Å². The van der Waals surface area contributed by atoms with Crippen LogP contribution in [-0.2, 0) is 21.2 Å². The molecule has 2 aromatic rings. The molecule has 0 bridgehead atoms. The zero-order chi connectivity index (χ0) is 14.8. The number of halogens is 1. The van der Waals surface area contributed by atoms with Crippen molar-refractivity contribution in [2.24, 2.45) is 0 Å². The number of sulfonamides is 1. The van der Waals surface area contributed by atoms with Crippen molar-refractivity contribution >= 4 is 44.1 Å². The van der Waals surface area contributed by atoms with E-state index in [1.807, 2.05) is 0 Å². The summed E-state index contributed by atoms with van der Waals surface area (Å²) in [6.07, 6.45) is -0.251. The van der Waals surface area contributed by atoms with Gasteiger partial charge in [0.2, 0.25) is 0 Å². The van der Waals surface area contributed by atoms with Gasteiger partial charge in [-0.15, -0.1) is 11.3 Å². The number of anilines is 1. The van der Waals surface area contributed by atoms with Gasteiger partial charge < -0.3 is 5.11 Å². The number of nitrogens with zero attached hydrogens (tertiary/aromatic N) is 1. The molecule has 1 aromatic heterocycles. The van der Waals surface area contributed by atoms with Crippen molar-refractivity contribution < 1.29 is 18.3 Å². The molecule has 106 valence electrons. The van der Waals surface area contributed by atoms with Crippen LogP contribution < -0.4 is 4.72 Å². The van der Waals surface area contributed by atoms with Crippen molar-refractivity contribution in [1.82, 2.24) is 4.98 Å². The zero-order valence-corrected chi connectivity index (χ0v) is 12.3. The van der Waals surface area contributed by atoms with Crippen LogP contribution in [0.3, 0.4) is 0 Å². The molecular weight excluding hydrogens is 324 g/mol. The monoisotopic (exact) mass is 332 g/mol. The van der Waals surface area contributed by atoms with Crippen LogP contribution in [-0.4, -0.2) is 24.5 Å². The smallest absolute Gasteiger partial charge is 0.309 e. The lowest BCUT2D eigenvalue weighted by atomic mass is 10.3. The van der Waals surface area contributed by atoms with E-state index in [1.54, 1.807) is 0 Å². The Kier molecular flexibility index (Phi) is 4.26. The van der Waals surface area contributed by atoms with E-state index in [2.05, 4.69) is 9.71 Å². The highest BCUT2D eigenvalue weighted by Gasteiger charge is 2.16. The van der Waals surface area contributed by atoms with Gasteiger partial charge in [-0.2, -0.15) is 0 Å². The normalized spacial score (nSPS) is 11.2. The van der Waals surface area contributed by atoms with Gasteiger partial charge >= 0.3 is 5.97 Å². The average molecular weight is 333 g/mol. The molecule has 20 heavy (non-hydrogen) atoms. The molecule has 0 atom stereocenters. The van der Waals surface area contributed by atoms with Crippen LogP contribution in [0.4, 0.5) is 5.13 Å². The number of aromatic nitrogens is 1. The highest BCUT2D eigenvalue weighted by atomic mass is 35.5. The van der Waals surface area contributed by atoms with E-state index in [-0.39, 0.29) is 16.4 Å². The molecule has 6 nitrogen and oxygen atoms in total. The minimum Gasteiger partial charge on any atom is -0.481 e. The maximum atomic E-state index is 12.0. The quantitative estimate of drug-likeness (QED) is 0.875. The van der Waals surface area contributed by atoms with Gasteiger partial charge in [-0.1, -0.05) is 11.6 Å². The standard InChI is InChI=1S/C11H9ClN2O4S2/c12-7-1-3-9(4-2-7)20(17,18)14-11-13-8(6-19-11)5-10(15)16/h1-4,6H,5H2,(H,13,14)(H,15,16). The Morgan fingerprint density at radius 3 is 2.60 bits per heavy atom. The van der Waals surface area contributed by atoms with Crippen LogP contribution in [0.5, 0.6) is 0 Å². The van der Waals surface area contributed by atoms with E-state index in [0.29, 0.717) is 10.7 Å². The number of benzene rings is 1. The third kappa shape index (κ3) is 3.69. The average Bonchev–Trinajstić information content (AvgIpc) is 2.75. The molecule has 1 heterocycles. The molecule has 0 aliphatic carbocycles. The first-order chi connectivity index (χ1) is 9.37. The predicted octanol–water partition coefficient (Wildman–Crippen LogP) is 2.22. The SMILES string of the molecule is O=C(O)Cc1csc(NS(=O)(=O)c2ccc(Cl)cc2)n1. The van der Waals surface area contributed by atoms with Gasteiger partial charge in [0.1, 0.15) is 0 Å². The number of thiazole rings is 1. The number of hydrogen-bond donors (Lipinski definition) is 2. The summed E-state index contributed by atoms with van der Waals surface area (Å²) in [5.41, 5.74) is 0.302. The van der Waals surface area contributed by atoms with Crippen LogP contribution >= 0.6 is 22.9 Å². The van der Waals surface area contributed by atoms with Crippen molar-refractivity contribution in [3.05, 3.63) is 40.4 Å². The first-order valence-corrected chi connectivity index (χ1v) is 8.05. The number of carboxylic acid groups (broad SMARTS) is 1. The summed E-state index contributed by atoms with van der Waals surface area (Å²) in [5.74, 6) is -1.03. The summed E-state index contributed by atoms with van der Waals surface area (Å²) in [5, 5.41) is 10.7. The first-order valence-electron chi connectivity index (χ1n) is 5.31. The summed E-state index contributed by atoms with van der Waals surface area (Å²) >= 11 is 6.72. The molecule has 0 unspecified atom stereocenters. The van der Waals surface area contributed by atoms with Crippen LogP contribution in [0.2, 0.25) is 5.02 Å². The topological polar surface area (TPSA) is 96.4 Å². The van der Waals surface area contributed by atoms with Crippen LogP contribution in [0.15, 0.2) is 34.5 Å². The molecule has 1 aromatic carbocycles. The lowest BCUT2D eigenvalue weighted by Crippen LogP contribution is -2.12. The maximum Gasteiger partial charge on any atom is 0.309 e. The Labute approximate surface area is 124 Å². The van der Waals surface area contributed by atoms with E-state index in [1.165, 1.54) is 29.6 Å². The number of carbonyl (C=O) groups is 1. The van der Waals surface area contributed by atoms with Gasteiger partial charge in [0.15, 0.2) is 5.13 Å². The number of hydrogen-bond acceptors (Lipinski definition) is 5. The van der Waals surface area contributed by atoms with Crippen molar-refractivity contribution in [2.45, 2.75) is 11.3 Å². The van der Waals surface area contributed by atoms with Gasteiger partial charge in [-0.25, -0.2) is 13.4 Å². The summed E-state index contributed by atoms with van der Waals surface area (Å²) in [6, 6.07) is 5.68. The maximum absolute atomic E-state index is 12.0. The molecular formula is C11H9ClN2O4S2. The van der Waals surface area contributed by atoms with Crippen molar-refractivity contribution in [3.8, 4) is 0 Å².